The minimum atomic E-state index is -0.186. The molecule has 1 aliphatic rings. The lowest BCUT2D eigenvalue weighted by Gasteiger charge is -2.25. The fourth-order valence-electron chi connectivity index (χ4n) is 2.75. The van der Waals surface area contributed by atoms with E-state index < -0.39 is 0 Å². The fourth-order valence-corrected chi connectivity index (χ4v) is 2.75. The molecular formula is C17H23NO2. The number of aliphatic hydroxyl groups excluding tert-OH is 1. The van der Waals surface area contributed by atoms with Gasteiger partial charge in [-0.05, 0) is 51.2 Å². The molecule has 0 bridgehead atoms. The smallest absolute Gasteiger partial charge is 0.244 e. The van der Waals surface area contributed by atoms with E-state index in [1.54, 1.807) is 6.08 Å². The van der Waals surface area contributed by atoms with Crippen molar-refractivity contribution in [1.29, 1.82) is 0 Å². The number of amides is 1. The topological polar surface area (TPSA) is 49.3 Å². The first kappa shape index (κ1) is 14.8. The highest BCUT2D eigenvalue weighted by Gasteiger charge is 2.19. The van der Waals surface area contributed by atoms with E-state index in [-0.39, 0.29) is 18.1 Å². The maximum absolute atomic E-state index is 11.9. The second kappa shape index (κ2) is 6.71. The molecule has 1 amide bonds. The molecule has 0 radical (unpaired) electrons. The van der Waals surface area contributed by atoms with Crippen LogP contribution in [0.25, 0.3) is 6.08 Å². The van der Waals surface area contributed by atoms with Crippen LogP contribution in [0.4, 0.5) is 0 Å². The molecule has 3 nitrogen and oxygen atoms in total. The highest BCUT2D eigenvalue weighted by molar-refractivity contribution is 5.91. The number of aliphatic hydroxyl groups is 1. The van der Waals surface area contributed by atoms with Crippen LogP contribution in [0.2, 0.25) is 0 Å². The first-order valence-electron chi connectivity index (χ1n) is 7.28. The summed E-state index contributed by atoms with van der Waals surface area (Å²) < 4.78 is 0. The van der Waals surface area contributed by atoms with Crippen LogP contribution in [0.15, 0.2) is 24.3 Å². The van der Waals surface area contributed by atoms with E-state index in [9.17, 15) is 9.90 Å². The van der Waals surface area contributed by atoms with Gasteiger partial charge in [0.25, 0.3) is 0 Å². The Labute approximate surface area is 120 Å². The van der Waals surface area contributed by atoms with Gasteiger partial charge in [-0.3, -0.25) is 4.79 Å². The summed E-state index contributed by atoms with van der Waals surface area (Å²) >= 11 is 0. The Bertz CT molecular complexity index is 479. The van der Waals surface area contributed by atoms with Gasteiger partial charge >= 0.3 is 0 Å². The van der Waals surface area contributed by atoms with Crippen LogP contribution in [-0.2, 0) is 4.79 Å². The molecule has 1 aromatic carbocycles. The van der Waals surface area contributed by atoms with Gasteiger partial charge in [-0.15, -0.1) is 0 Å². The van der Waals surface area contributed by atoms with Gasteiger partial charge < -0.3 is 10.4 Å². The van der Waals surface area contributed by atoms with Crippen molar-refractivity contribution in [2.45, 2.75) is 51.7 Å². The van der Waals surface area contributed by atoms with E-state index in [2.05, 4.69) is 37.4 Å². The van der Waals surface area contributed by atoms with Crippen molar-refractivity contribution >= 4 is 12.0 Å². The molecule has 2 rings (SSSR count). The highest BCUT2D eigenvalue weighted by atomic mass is 16.3. The standard InChI is InChI=1S/C17H23NO2/c1-12-9-13(2)11-14(10-12)3-8-17(20)18-15-4-6-16(19)7-5-15/h3,8-11,15-16,19H,4-7H2,1-2H3,(H,18,20)/b8-3+. The molecule has 0 aromatic heterocycles. The van der Waals surface area contributed by atoms with Crippen molar-refractivity contribution in [3.05, 3.63) is 41.0 Å². The molecule has 1 saturated carbocycles. The molecular weight excluding hydrogens is 250 g/mol. The summed E-state index contributed by atoms with van der Waals surface area (Å²) in [5.74, 6) is -0.0504. The summed E-state index contributed by atoms with van der Waals surface area (Å²) in [5, 5.41) is 12.4. The SMILES string of the molecule is Cc1cc(C)cc(/C=C/C(=O)NC2CCC(O)CC2)c1. The number of nitrogens with one attached hydrogen (secondary N) is 1. The van der Waals surface area contributed by atoms with Crippen LogP contribution < -0.4 is 5.32 Å². The van der Waals surface area contributed by atoms with E-state index in [4.69, 9.17) is 0 Å². The van der Waals surface area contributed by atoms with Gasteiger partial charge in [0.2, 0.25) is 5.91 Å². The lowest BCUT2D eigenvalue weighted by atomic mass is 9.93. The number of hydrogen-bond acceptors (Lipinski definition) is 2. The third kappa shape index (κ3) is 4.49. The van der Waals surface area contributed by atoms with Crippen LogP contribution in [0.1, 0.15) is 42.4 Å². The summed E-state index contributed by atoms with van der Waals surface area (Å²) in [6.07, 6.45) is 6.56. The van der Waals surface area contributed by atoms with Crippen LogP contribution in [0.3, 0.4) is 0 Å². The molecule has 20 heavy (non-hydrogen) atoms. The predicted octanol–water partition coefficient (Wildman–Crippen LogP) is 2.74. The molecule has 0 saturated heterocycles. The molecule has 0 heterocycles. The van der Waals surface area contributed by atoms with Crippen molar-refractivity contribution in [3.8, 4) is 0 Å². The van der Waals surface area contributed by atoms with Gasteiger partial charge in [0.1, 0.15) is 0 Å². The van der Waals surface area contributed by atoms with Crippen molar-refractivity contribution in [2.75, 3.05) is 0 Å². The molecule has 0 unspecified atom stereocenters. The van der Waals surface area contributed by atoms with Crippen LogP contribution in [-0.4, -0.2) is 23.2 Å². The van der Waals surface area contributed by atoms with Crippen molar-refractivity contribution < 1.29 is 9.90 Å². The molecule has 0 aliphatic heterocycles. The van der Waals surface area contributed by atoms with Crippen LogP contribution in [0, 0.1) is 13.8 Å². The average Bonchev–Trinajstić information content (AvgIpc) is 2.38. The molecule has 0 atom stereocenters. The van der Waals surface area contributed by atoms with Gasteiger partial charge in [0, 0.05) is 12.1 Å². The summed E-state index contributed by atoms with van der Waals surface area (Å²) in [6.45, 7) is 4.11. The zero-order valence-corrected chi connectivity index (χ0v) is 12.2. The molecule has 2 N–H and O–H groups in total. The molecule has 3 heteroatoms. The average molecular weight is 273 g/mol. The molecule has 1 aromatic rings. The zero-order valence-electron chi connectivity index (χ0n) is 12.2. The minimum absolute atomic E-state index is 0.0504. The highest BCUT2D eigenvalue weighted by Crippen LogP contribution is 2.18. The van der Waals surface area contributed by atoms with Crippen LogP contribution >= 0.6 is 0 Å². The second-order valence-electron chi connectivity index (χ2n) is 5.77. The number of carbonyl (C=O) groups is 1. The number of benzene rings is 1. The zero-order chi connectivity index (χ0) is 14.5. The minimum Gasteiger partial charge on any atom is -0.393 e. The Hall–Kier alpha value is -1.61. The number of rotatable bonds is 3. The Balaban J connectivity index is 1.89. The third-order valence-electron chi connectivity index (χ3n) is 3.71. The van der Waals surface area contributed by atoms with Gasteiger partial charge in [0.05, 0.1) is 6.10 Å². The summed E-state index contributed by atoms with van der Waals surface area (Å²) in [6, 6.07) is 6.45. The summed E-state index contributed by atoms with van der Waals surface area (Å²) in [7, 11) is 0. The van der Waals surface area contributed by atoms with E-state index in [1.165, 1.54) is 11.1 Å². The first-order chi connectivity index (χ1) is 9.52. The van der Waals surface area contributed by atoms with Gasteiger partial charge in [0.15, 0.2) is 0 Å². The summed E-state index contributed by atoms with van der Waals surface area (Å²) in [4.78, 5) is 11.9. The monoisotopic (exact) mass is 273 g/mol. The Morgan fingerprint density at radius 2 is 1.75 bits per heavy atom. The van der Waals surface area contributed by atoms with Crippen molar-refractivity contribution in [2.24, 2.45) is 0 Å². The number of hydrogen-bond donors (Lipinski definition) is 2. The van der Waals surface area contributed by atoms with Gasteiger partial charge in [-0.1, -0.05) is 29.3 Å². The normalized spacial score (nSPS) is 22.9. The summed E-state index contributed by atoms with van der Waals surface area (Å²) in [5.41, 5.74) is 3.45. The lowest BCUT2D eigenvalue weighted by Crippen LogP contribution is -2.37. The Morgan fingerprint density at radius 3 is 2.35 bits per heavy atom. The van der Waals surface area contributed by atoms with E-state index >= 15 is 0 Å². The van der Waals surface area contributed by atoms with E-state index in [1.807, 2.05) is 6.08 Å². The second-order valence-corrected chi connectivity index (χ2v) is 5.77. The van der Waals surface area contributed by atoms with Crippen molar-refractivity contribution in [1.82, 2.24) is 5.32 Å². The number of aryl methyl sites for hydroxylation is 2. The van der Waals surface area contributed by atoms with Crippen LogP contribution in [0.5, 0.6) is 0 Å². The Kier molecular flexibility index (Phi) is 4.96. The largest absolute Gasteiger partial charge is 0.393 e. The molecule has 0 spiro atoms. The third-order valence-corrected chi connectivity index (χ3v) is 3.71. The van der Waals surface area contributed by atoms with E-state index in [0.717, 1.165) is 31.2 Å². The van der Waals surface area contributed by atoms with E-state index in [0.29, 0.717) is 0 Å². The predicted molar refractivity (Wildman–Crippen MR) is 81.4 cm³/mol. The quantitative estimate of drug-likeness (QED) is 0.832. The fraction of sp³-hybridized carbons (Fsp3) is 0.471. The lowest BCUT2D eigenvalue weighted by molar-refractivity contribution is -0.117. The Morgan fingerprint density at radius 1 is 1.15 bits per heavy atom. The first-order valence-corrected chi connectivity index (χ1v) is 7.28. The molecule has 108 valence electrons. The maximum atomic E-state index is 11.9. The molecule has 1 fully saturated rings. The van der Waals surface area contributed by atoms with Gasteiger partial charge in [-0.2, -0.15) is 0 Å². The van der Waals surface area contributed by atoms with Gasteiger partial charge in [-0.25, -0.2) is 0 Å². The number of carbonyl (C=O) groups excluding carboxylic acids is 1. The maximum Gasteiger partial charge on any atom is 0.244 e. The molecule has 1 aliphatic carbocycles. The van der Waals surface area contributed by atoms with Crippen molar-refractivity contribution in [3.63, 3.8) is 0 Å².